The Bertz CT molecular complexity index is 232. The molecular weight excluding hydrogens is 178 g/mol. The second-order valence-electron chi connectivity index (χ2n) is 5.22. The molecule has 2 unspecified atom stereocenters. The molecule has 1 N–H and O–H groups in total. The molecule has 0 radical (unpaired) electrons. The van der Waals surface area contributed by atoms with Crippen molar-refractivity contribution in [1.29, 1.82) is 0 Å². The normalized spacial score (nSPS) is 32.1. The van der Waals surface area contributed by atoms with Crippen LogP contribution < -0.4 is 0 Å². The van der Waals surface area contributed by atoms with E-state index in [4.69, 9.17) is 0 Å². The van der Waals surface area contributed by atoms with E-state index in [0.29, 0.717) is 11.8 Å². The van der Waals surface area contributed by atoms with Crippen LogP contribution in [0.15, 0.2) is 0 Å². The van der Waals surface area contributed by atoms with Crippen LogP contribution in [0.3, 0.4) is 0 Å². The largest absolute Gasteiger partial charge is 0.381 e. The Morgan fingerprint density at radius 3 is 2.21 bits per heavy atom. The molecular formula is C11H19NO2. The summed E-state index contributed by atoms with van der Waals surface area (Å²) in [4.78, 5) is 13.6. The fraction of sp³-hybridized carbons (Fsp3) is 0.909. The Kier molecular flexibility index (Phi) is 2.30. The third-order valence-corrected chi connectivity index (χ3v) is 3.54. The van der Waals surface area contributed by atoms with Crippen molar-refractivity contribution in [3.05, 3.63) is 0 Å². The number of carbonyl (C=O) groups excluding carboxylic acids is 1. The summed E-state index contributed by atoms with van der Waals surface area (Å²) < 4.78 is 0. The predicted octanol–water partition coefficient (Wildman–Crippen LogP) is 1.02. The second kappa shape index (κ2) is 3.23. The zero-order chi connectivity index (χ0) is 10.3. The van der Waals surface area contributed by atoms with Crippen LogP contribution in [-0.2, 0) is 4.79 Å². The molecule has 1 saturated heterocycles. The smallest absolute Gasteiger partial charge is 0.253 e. The Morgan fingerprint density at radius 1 is 1.29 bits per heavy atom. The lowest BCUT2D eigenvalue weighted by Gasteiger charge is -2.25. The van der Waals surface area contributed by atoms with Crippen molar-refractivity contribution in [3.8, 4) is 0 Å². The van der Waals surface area contributed by atoms with Gasteiger partial charge in [-0.1, -0.05) is 6.42 Å². The quantitative estimate of drug-likeness (QED) is 0.681. The molecule has 2 rings (SSSR count). The lowest BCUT2D eigenvalue weighted by molar-refractivity contribution is -0.147. The molecule has 14 heavy (non-hydrogen) atoms. The van der Waals surface area contributed by atoms with Gasteiger partial charge in [-0.3, -0.25) is 4.79 Å². The summed E-state index contributed by atoms with van der Waals surface area (Å²) in [6, 6.07) is 0. The van der Waals surface area contributed by atoms with Crippen molar-refractivity contribution in [2.75, 3.05) is 13.1 Å². The van der Waals surface area contributed by atoms with Crippen LogP contribution in [-0.4, -0.2) is 34.6 Å². The van der Waals surface area contributed by atoms with Gasteiger partial charge in [0.15, 0.2) is 0 Å². The van der Waals surface area contributed by atoms with E-state index in [0.717, 1.165) is 13.1 Å². The summed E-state index contributed by atoms with van der Waals surface area (Å²) in [6.07, 6.45) is 3.85. The number of likely N-dealkylation sites (tertiary alicyclic amines) is 1. The fourth-order valence-corrected chi connectivity index (χ4v) is 2.79. The van der Waals surface area contributed by atoms with E-state index in [2.05, 4.69) is 0 Å². The maximum absolute atomic E-state index is 11.8. The highest BCUT2D eigenvalue weighted by Crippen LogP contribution is 2.38. The number of aliphatic hydroxyl groups is 1. The molecule has 0 spiro atoms. The van der Waals surface area contributed by atoms with Gasteiger partial charge in [-0.2, -0.15) is 0 Å². The molecule has 2 atom stereocenters. The molecule has 1 amide bonds. The van der Waals surface area contributed by atoms with Gasteiger partial charge in [0.05, 0.1) is 0 Å². The van der Waals surface area contributed by atoms with Gasteiger partial charge < -0.3 is 10.0 Å². The number of amides is 1. The van der Waals surface area contributed by atoms with Gasteiger partial charge >= 0.3 is 0 Å². The van der Waals surface area contributed by atoms with E-state index in [1.54, 1.807) is 13.8 Å². The minimum atomic E-state index is -1.20. The maximum atomic E-state index is 11.8. The first kappa shape index (κ1) is 9.97. The Balaban J connectivity index is 1.99. The van der Waals surface area contributed by atoms with Gasteiger partial charge in [-0.15, -0.1) is 0 Å². The fourth-order valence-electron chi connectivity index (χ4n) is 2.79. The molecule has 3 heteroatoms. The zero-order valence-corrected chi connectivity index (χ0v) is 8.99. The monoisotopic (exact) mass is 197 g/mol. The van der Waals surface area contributed by atoms with Crippen molar-refractivity contribution in [1.82, 2.24) is 4.90 Å². The molecule has 0 aromatic rings. The van der Waals surface area contributed by atoms with E-state index < -0.39 is 5.60 Å². The van der Waals surface area contributed by atoms with Crippen molar-refractivity contribution in [2.24, 2.45) is 11.8 Å². The predicted molar refractivity (Wildman–Crippen MR) is 53.7 cm³/mol. The van der Waals surface area contributed by atoms with Crippen LogP contribution in [0.4, 0.5) is 0 Å². The average molecular weight is 197 g/mol. The highest BCUT2D eigenvalue weighted by Gasteiger charge is 2.41. The van der Waals surface area contributed by atoms with Crippen LogP contribution >= 0.6 is 0 Å². The number of hydrogen-bond acceptors (Lipinski definition) is 2. The summed E-state index contributed by atoms with van der Waals surface area (Å²) in [5, 5.41) is 9.62. The summed E-state index contributed by atoms with van der Waals surface area (Å²) in [5.74, 6) is 1.31. The minimum absolute atomic E-state index is 0.105. The lowest BCUT2D eigenvalue weighted by Crippen LogP contribution is -2.44. The van der Waals surface area contributed by atoms with E-state index >= 15 is 0 Å². The Hall–Kier alpha value is -0.570. The number of rotatable bonds is 1. The van der Waals surface area contributed by atoms with Crippen LogP contribution in [0.5, 0.6) is 0 Å². The van der Waals surface area contributed by atoms with Crippen molar-refractivity contribution in [3.63, 3.8) is 0 Å². The van der Waals surface area contributed by atoms with Gasteiger partial charge in [-0.25, -0.2) is 0 Å². The van der Waals surface area contributed by atoms with Gasteiger partial charge in [0, 0.05) is 13.1 Å². The van der Waals surface area contributed by atoms with Crippen molar-refractivity contribution >= 4 is 5.91 Å². The lowest BCUT2D eigenvalue weighted by atomic mass is 10.0. The summed E-state index contributed by atoms with van der Waals surface area (Å²) >= 11 is 0. The molecule has 80 valence electrons. The molecule has 3 nitrogen and oxygen atoms in total. The number of fused-ring (bicyclic) bond motifs is 1. The third kappa shape index (κ3) is 1.65. The molecule has 0 aromatic heterocycles. The first-order chi connectivity index (χ1) is 6.48. The van der Waals surface area contributed by atoms with E-state index in [1.807, 2.05) is 4.90 Å². The highest BCUT2D eigenvalue weighted by molar-refractivity contribution is 5.84. The maximum Gasteiger partial charge on any atom is 0.253 e. The molecule has 2 aliphatic rings. The van der Waals surface area contributed by atoms with Gasteiger partial charge in [0.1, 0.15) is 5.60 Å². The number of nitrogens with zero attached hydrogens (tertiary/aromatic N) is 1. The standard InChI is InChI=1S/C11H19NO2/c1-11(2,14)10(13)12-6-8-4-3-5-9(8)7-12/h8-9,14H,3-7H2,1-2H3. The Labute approximate surface area is 85.1 Å². The average Bonchev–Trinajstić information content (AvgIpc) is 2.58. The molecule has 1 aliphatic carbocycles. The molecule has 1 aliphatic heterocycles. The summed E-state index contributed by atoms with van der Waals surface area (Å²) in [6.45, 7) is 4.88. The van der Waals surface area contributed by atoms with Crippen LogP contribution in [0.2, 0.25) is 0 Å². The molecule has 2 fully saturated rings. The first-order valence-corrected chi connectivity index (χ1v) is 5.50. The van der Waals surface area contributed by atoms with Crippen molar-refractivity contribution < 1.29 is 9.90 Å². The summed E-state index contributed by atoms with van der Waals surface area (Å²) in [7, 11) is 0. The van der Waals surface area contributed by atoms with Crippen LogP contribution in [0.25, 0.3) is 0 Å². The van der Waals surface area contributed by atoms with E-state index in [-0.39, 0.29) is 5.91 Å². The zero-order valence-electron chi connectivity index (χ0n) is 8.99. The SMILES string of the molecule is CC(C)(O)C(=O)N1CC2CCCC2C1. The van der Waals surface area contributed by atoms with E-state index in [9.17, 15) is 9.90 Å². The van der Waals surface area contributed by atoms with Gasteiger partial charge in [-0.05, 0) is 38.5 Å². The molecule has 0 bridgehead atoms. The minimum Gasteiger partial charge on any atom is -0.381 e. The molecule has 1 saturated carbocycles. The third-order valence-electron chi connectivity index (χ3n) is 3.54. The molecule has 0 aromatic carbocycles. The molecule has 1 heterocycles. The number of hydrogen-bond donors (Lipinski definition) is 1. The first-order valence-electron chi connectivity index (χ1n) is 5.50. The van der Waals surface area contributed by atoms with Gasteiger partial charge in [0.2, 0.25) is 0 Å². The second-order valence-corrected chi connectivity index (χ2v) is 5.22. The van der Waals surface area contributed by atoms with Gasteiger partial charge in [0.25, 0.3) is 5.91 Å². The van der Waals surface area contributed by atoms with Crippen LogP contribution in [0.1, 0.15) is 33.1 Å². The topological polar surface area (TPSA) is 40.5 Å². The van der Waals surface area contributed by atoms with Crippen LogP contribution in [0, 0.1) is 11.8 Å². The summed E-state index contributed by atoms with van der Waals surface area (Å²) in [5.41, 5.74) is -1.20. The number of carbonyl (C=O) groups is 1. The Morgan fingerprint density at radius 2 is 1.79 bits per heavy atom. The van der Waals surface area contributed by atoms with Crippen molar-refractivity contribution in [2.45, 2.75) is 38.7 Å². The highest BCUT2D eigenvalue weighted by atomic mass is 16.3. The van der Waals surface area contributed by atoms with E-state index in [1.165, 1.54) is 19.3 Å².